The molecule has 0 aliphatic carbocycles. The van der Waals surface area contributed by atoms with Gasteiger partial charge in [0.2, 0.25) is 0 Å². The normalized spacial score (nSPS) is 29.5. The second-order valence-electron chi connectivity index (χ2n) is 6.06. The van der Waals surface area contributed by atoms with Crippen LogP contribution in [-0.2, 0) is 0 Å². The highest BCUT2D eigenvalue weighted by molar-refractivity contribution is 5.23. The number of hydrogen-bond donors (Lipinski definition) is 1. The zero-order chi connectivity index (χ0) is 13.9. The van der Waals surface area contributed by atoms with E-state index in [1.165, 1.54) is 12.0 Å². The van der Waals surface area contributed by atoms with E-state index in [0.717, 1.165) is 39.3 Å². The molecule has 0 radical (unpaired) electrons. The van der Waals surface area contributed by atoms with Gasteiger partial charge in [-0.15, -0.1) is 0 Å². The summed E-state index contributed by atoms with van der Waals surface area (Å²) in [6.07, 6.45) is 1.19. The van der Waals surface area contributed by atoms with Gasteiger partial charge >= 0.3 is 0 Å². The lowest BCUT2D eigenvalue weighted by molar-refractivity contribution is 0.0832. The van der Waals surface area contributed by atoms with E-state index in [1.807, 2.05) is 12.1 Å². The van der Waals surface area contributed by atoms with Gasteiger partial charge in [-0.2, -0.15) is 0 Å². The Morgan fingerprint density at radius 2 is 1.80 bits per heavy atom. The van der Waals surface area contributed by atoms with Crippen LogP contribution in [0.15, 0.2) is 24.3 Å². The Balaban J connectivity index is 1.75. The third kappa shape index (κ3) is 3.03. The molecule has 2 fully saturated rings. The van der Waals surface area contributed by atoms with Crippen LogP contribution in [0.25, 0.3) is 0 Å². The van der Waals surface area contributed by atoms with Crippen molar-refractivity contribution < 1.29 is 4.39 Å². The number of nitrogens with one attached hydrogen (secondary N) is 1. The molecule has 0 saturated carbocycles. The first kappa shape index (κ1) is 14.0. The first-order valence-electron chi connectivity index (χ1n) is 7.63. The number of hydrogen-bond acceptors (Lipinski definition) is 3. The molecule has 2 aliphatic rings. The van der Waals surface area contributed by atoms with Crippen LogP contribution in [0, 0.1) is 5.82 Å². The summed E-state index contributed by atoms with van der Waals surface area (Å²) in [5.74, 6) is 0.335. The Bertz CT molecular complexity index is 426. The molecule has 2 atom stereocenters. The number of halogens is 1. The maximum absolute atomic E-state index is 13.1. The van der Waals surface area contributed by atoms with Gasteiger partial charge in [-0.1, -0.05) is 12.1 Å². The zero-order valence-electron chi connectivity index (χ0n) is 12.2. The Morgan fingerprint density at radius 3 is 2.50 bits per heavy atom. The number of benzene rings is 1. The summed E-state index contributed by atoms with van der Waals surface area (Å²) in [4.78, 5) is 5.03. The Morgan fingerprint density at radius 1 is 1.10 bits per heavy atom. The molecule has 0 spiro atoms. The van der Waals surface area contributed by atoms with Gasteiger partial charge in [0.25, 0.3) is 0 Å². The third-order valence-electron chi connectivity index (χ3n) is 4.75. The van der Waals surface area contributed by atoms with Crippen molar-refractivity contribution in [2.45, 2.75) is 18.4 Å². The van der Waals surface area contributed by atoms with Crippen molar-refractivity contribution in [3.05, 3.63) is 35.6 Å². The van der Waals surface area contributed by atoms with Gasteiger partial charge in [-0.3, -0.25) is 4.90 Å². The van der Waals surface area contributed by atoms with E-state index in [2.05, 4.69) is 22.2 Å². The van der Waals surface area contributed by atoms with Crippen molar-refractivity contribution in [2.24, 2.45) is 0 Å². The highest BCUT2D eigenvalue weighted by atomic mass is 19.1. The Hall–Kier alpha value is -0.970. The van der Waals surface area contributed by atoms with Crippen molar-refractivity contribution in [1.82, 2.24) is 15.1 Å². The van der Waals surface area contributed by atoms with E-state index >= 15 is 0 Å². The lowest BCUT2D eigenvalue weighted by Crippen LogP contribution is -2.54. The molecule has 2 aliphatic heterocycles. The molecule has 0 bridgehead atoms. The lowest BCUT2D eigenvalue weighted by atomic mass is 9.85. The van der Waals surface area contributed by atoms with Gasteiger partial charge in [-0.25, -0.2) is 4.39 Å². The van der Waals surface area contributed by atoms with Crippen LogP contribution in [0.4, 0.5) is 4.39 Å². The van der Waals surface area contributed by atoms with Crippen molar-refractivity contribution in [2.75, 3.05) is 46.3 Å². The molecule has 2 unspecified atom stereocenters. The number of piperidine rings is 1. The molecule has 1 N–H and O–H groups in total. The molecule has 1 aromatic carbocycles. The standard InChI is InChI=1S/C16H24FN3/c1-19-8-10-20(11-9-19)16-6-7-18-12-15(16)13-2-4-14(17)5-3-13/h2-5,15-16,18H,6-12H2,1H3. The minimum atomic E-state index is -0.145. The summed E-state index contributed by atoms with van der Waals surface area (Å²) in [5, 5.41) is 3.49. The molecule has 3 rings (SSSR count). The van der Waals surface area contributed by atoms with Gasteiger partial charge in [0.1, 0.15) is 5.82 Å². The fraction of sp³-hybridized carbons (Fsp3) is 0.625. The summed E-state index contributed by atoms with van der Waals surface area (Å²) in [7, 11) is 2.19. The van der Waals surface area contributed by atoms with E-state index in [1.54, 1.807) is 12.1 Å². The second-order valence-corrected chi connectivity index (χ2v) is 6.06. The maximum Gasteiger partial charge on any atom is 0.123 e. The summed E-state index contributed by atoms with van der Waals surface area (Å²) < 4.78 is 13.1. The Labute approximate surface area is 120 Å². The van der Waals surface area contributed by atoms with Crippen molar-refractivity contribution >= 4 is 0 Å². The molecule has 3 nitrogen and oxygen atoms in total. The van der Waals surface area contributed by atoms with Crippen molar-refractivity contribution in [3.8, 4) is 0 Å². The molecular formula is C16H24FN3. The van der Waals surface area contributed by atoms with Gasteiger partial charge in [0.05, 0.1) is 0 Å². The van der Waals surface area contributed by atoms with Gasteiger partial charge < -0.3 is 10.2 Å². The molecule has 0 aromatic heterocycles. The number of piperazine rings is 1. The minimum Gasteiger partial charge on any atom is -0.316 e. The smallest absolute Gasteiger partial charge is 0.123 e. The Kier molecular flexibility index (Phi) is 4.34. The highest BCUT2D eigenvalue weighted by Gasteiger charge is 2.32. The lowest BCUT2D eigenvalue weighted by Gasteiger charge is -2.44. The van der Waals surface area contributed by atoms with E-state index in [9.17, 15) is 4.39 Å². The third-order valence-corrected chi connectivity index (χ3v) is 4.75. The highest BCUT2D eigenvalue weighted by Crippen LogP contribution is 2.28. The van der Waals surface area contributed by atoms with E-state index in [-0.39, 0.29) is 5.82 Å². The summed E-state index contributed by atoms with van der Waals surface area (Å²) >= 11 is 0. The van der Waals surface area contributed by atoms with E-state index in [4.69, 9.17) is 0 Å². The molecule has 1 aromatic rings. The predicted molar refractivity (Wildman–Crippen MR) is 79.5 cm³/mol. The molecule has 2 heterocycles. The van der Waals surface area contributed by atoms with Gasteiger partial charge in [0, 0.05) is 44.7 Å². The van der Waals surface area contributed by atoms with Gasteiger partial charge in [0.15, 0.2) is 0 Å². The maximum atomic E-state index is 13.1. The monoisotopic (exact) mass is 277 g/mol. The van der Waals surface area contributed by atoms with Gasteiger partial charge in [-0.05, 0) is 37.7 Å². The van der Waals surface area contributed by atoms with Crippen LogP contribution in [0.3, 0.4) is 0 Å². The molecule has 0 amide bonds. The van der Waals surface area contributed by atoms with Crippen LogP contribution in [0.5, 0.6) is 0 Å². The van der Waals surface area contributed by atoms with E-state index in [0.29, 0.717) is 12.0 Å². The fourth-order valence-electron chi connectivity index (χ4n) is 3.49. The van der Waals surface area contributed by atoms with Crippen LogP contribution in [0.1, 0.15) is 17.9 Å². The SMILES string of the molecule is CN1CCN(C2CCNCC2c2ccc(F)cc2)CC1. The van der Waals surface area contributed by atoms with Crippen LogP contribution >= 0.6 is 0 Å². The summed E-state index contributed by atoms with van der Waals surface area (Å²) in [5.41, 5.74) is 1.27. The topological polar surface area (TPSA) is 18.5 Å². The molecule has 4 heteroatoms. The zero-order valence-corrected chi connectivity index (χ0v) is 12.2. The second kappa shape index (κ2) is 6.20. The van der Waals surface area contributed by atoms with Crippen LogP contribution in [0.2, 0.25) is 0 Å². The average Bonchev–Trinajstić information content (AvgIpc) is 2.49. The van der Waals surface area contributed by atoms with E-state index < -0.39 is 0 Å². The summed E-state index contributed by atoms with van der Waals surface area (Å²) in [6.45, 7) is 6.70. The minimum absolute atomic E-state index is 0.145. The van der Waals surface area contributed by atoms with Crippen molar-refractivity contribution in [3.63, 3.8) is 0 Å². The predicted octanol–water partition coefficient (Wildman–Crippen LogP) is 1.52. The molecule has 110 valence electrons. The van der Waals surface area contributed by atoms with Crippen LogP contribution < -0.4 is 5.32 Å². The average molecular weight is 277 g/mol. The first-order valence-corrected chi connectivity index (χ1v) is 7.63. The van der Waals surface area contributed by atoms with Crippen LogP contribution in [-0.4, -0.2) is 62.2 Å². The van der Waals surface area contributed by atoms with Crippen molar-refractivity contribution in [1.29, 1.82) is 0 Å². The number of nitrogens with zero attached hydrogens (tertiary/aromatic N) is 2. The first-order chi connectivity index (χ1) is 9.74. The number of likely N-dealkylation sites (N-methyl/N-ethyl adjacent to an activating group) is 1. The summed E-state index contributed by atoms with van der Waals surface area (Å²) in [6, 6.07) is 7.68. The quantitative estimate of drug-likeness (QED) is 0.884. The molecular weight excluding hydrogens is 253 g/mol. The number of rotatable bonds is 2. The molecule has 20 heavy (non-hydrogen) atoms. The molecule has 2 saturated heterocycles. The fourth-order valence-corrected chi connectivity index (χ4v) is 3.49. The largest absolute Gasteiger partial charge is 0.316 e.